The summed E-state index contributed by atoms with van der Waals surface area (Å²) in [5.74, 6) is 0.108. The summed E-state index contributed by atoms with van der Waals surface area (Å²) in [5.41, 5.74) is 5.48. The van der Waals surface area contributed by atoms with Gasteiger partial charge in [0.2, 0.25) is 10.0 Å². The Bertz CT molecular complexity index is 590. The Kier molecular flexibility index (Phi) is 5.39. The number of nitrogen functional groups attached to an aromatic ring is 1. The van der Waals surface area contributed by atoms with E-state index in [-0.39, 0.29) is 21.8 Å². The lowest BCUT2D eigenvalue weighted by Gasteiger charge is -2.29. The second kappa shape index (κ2) is 6.89. The van der Waals surface area contributed by atoms with Gasteiger partial charge in [0.15, 0.2) is 0 Å². The SMILES string of the molecule is CC(CN1CCOCC1)NS(=O)(=O)c1cnc(N)c(Cl)c1. The third-order valence-corrected chi connectivity index (χ3v) is 5.01. The second-order valence-electron chi connectivity index (χ2n) is 4.97. The molecule has 0 saturated carbocycles. The minimum Gasteiger partial charge on any atom is -0.382 e. The number of hydrogen-bond acceptors (Lipinski definition) is 6. The zero-order valence-electron chi connectivity index (χ0n) is 11.8. The Morgan fingerprint density at radius 3 is 2.81 bits per heavy atom. The van der Waals surface area contributed by atoms with Crippen LogP contribution in [0.1, 0.15) is 6.92 Å². The highest BCUT2D eigenvalue weighted by atomic mass is 35.5. The number of anilines is 1. The van der Waals surface area contributed by atoms with Crippen molar-refractivity contribution >= 4 is 27.4 Å². The summed E-state index contributed by atoms with van der Waals surface area (Å²) in [6, 6.07) is 1.07. The van der Waals surface area contributed by atoms with Gasteiger partial charge in [-0.05, 0) is 13.0 Å². The highest BCUT2D eigenvalue weighted by Gasteiger charge is 2.21. The van der Waals surface area contributed by atoms with Crippen LogP contribution in [0.2, 0.25) is 5.02 Å². The van der Waals surface area contributed by atoms with Crippen molar-refractivity contribution in [1.82, 2.24) is 14.6 Å². The van der Waals surface area contributed by atoms with E-state index in [1.165, 1.54) is 12.3 Å². The smallest absolute Gasteiger partial charge is 0.242 e. The lowest BCUT2D eigenvalue weighted by Crippen LogP contribution is -2.45. The van der Waals surface area contributed by atoms with Crippen molar-refractivity contribution < 1.29 is 13.2 Å². The largest absolute Gasteiger partial charge is 0.382 e. The van der Waals surface area contributed by atoms with Crippen LogP contribution >= 0.6 is 11.6 Å². The van der Waals surface area contributed by atoms with Crippen LogP contribution in [-0.2, 0) is 14.8 Å². The van der Waals surface area contributed by atoms with Gasteiger partial charge in [0.1, 0.15) is 10.7 Å². The summed E-state index contributed by atoms with van der Waals surface area (Å²) in [4.78, 5) is 5.94. The third-order valence-electron chi connectivity index (χ3n) is 3.15. The first-order valence-electron chi connectivity index (χ1n) is 6.62. The molecule has 21 heavy (non-hydrogen) atoms. The first-order chi connectivity index (χ1) is 9.88. The lowest BCUT2D eigenvalue weighted by atomic mass is 10.3. The summed E-state index contributed by atoms with van der Waals surface area (Å²) in [5, 5.41) is 0.124. The zero-order valence-corrected chi connectivity index (χ0v) is 13.3. The molecule has 1 fully saturated rings. The van der Waals surface area contributed by atoms with Crippen molar-refractivity contribution in [2.24, 2.45) is 0 Å². The van der Waals surface area contributed by atoms with Crippen LogP contribution in [0, 0.1) is 0 Å². The summed E-state index contributed by atoms with van der Waals surface area (Å²) in [6.45, 7) is 5.41. The van der Waals surface area contributed by atoms with Crippen LogP contribution in [-0.4, -0.2) is 57.2 Å². The summed E-state index contributed by atoms with van der Waals surface area (Å²) in [7, 11) is -3.66. The number of nitrogens with two attached hydrogens (primary N) is 1. The fourth-order valence-corrected chi connectivity index (χ4v) is 3.55. The molecule has 1 aliphatic heterocycles. The van der Waals surface area contributed by atoms with Gasteiger partial charge in [-0.2, -0.15) is 0 Å². The maximum absolute atomic E-state index is 12.3. The zero-order chi connectivity index (χ0) is 15.5. The molecule has 1 saturated heterocycles. The van der Waals surface area contributed by atoms with E-state index >= 15 is 0 Å². The van der Waals surface area contributed by atoms with Gasteiger partial charge in [-0.15, -0.1) is 0 Å². The molecule has 1 atom stereocenters. The molecule has 2 heterocycles. The predicted octanol–water partition coefficient (Wildman–Crippen LogP) is 0.316. The second-order valence-corrected chi connectivity index (χ2v) is 7.09. The van der Waals surface area contributed by atoms with Gasteiger partial charge < -0.3 is 10.5 Å². The Hall–Kier alpha value is -0.930. The number of morpholine rings is 1. The van der Waals surface area contributed by atoms with Crippen LogP contribution in [0.3, 0.4) is 0 Å². The predicted molar refractivity (Wildman–Crippen MR) is 80.7 cm³/mol. The minimum atomic E-state index is -3.66. The van der Waals surface area contributed by atoms with Crippen molar-refractivity contribution in [1.29, 1.82) is 0 Å². The molecule has 9 heteroatoms. The van der Waals surface area contributed by atoms with Gasteiger partial charge in [-0.1, -0.05) is 11.6 Å². The third kappa shape index (κ3) is 4.52. The number of nitrogens with zero attached hydrogens (tertiary/aromatic N) is 2. The van der Waals surface area contributed by atoms with E-state index in [4.69, 9.17) is 22.1 Å². The van der Waals surface area contributed by atoms with Crippen LogP contribution in [0.15, 0.2) is 17.2 Å². The molecule has 1 unspecified atom stereocenters. The highest BCUT2D eigenvalue weighted by Crippen LogP contribution is 2.19. The molecule has 1 aromatic heterocycles. The van der Waals surface area contributed by atoms with E-state index in [0.717, 1.165) is 13.1 Å². The average Bonchev–Trinajstić information content (AvgIpc) is 2.42. The Morgan fingerprint density at radius 1 is 1.52 bits per heavy atom. The molecule has 0 amide bonds. The normalized spacial score (nSPS) is 18.6. The molecule has 0 radical (unpaired) electrons. The summed E-state index contributed by atoms with van der Waals surface area (Å²) < 4.78 is 32.4. The quantitative estimate of drug-likeness (QED) is 0.804. The number of halogens is 1. The van der Waals surface area contributed by atoms with Gasteiger partial charge >= 0.3 is 0 Å². The van der Waals surface area contributed by atoms with E-state index in [9.17, 15) is 8.42 Å². The number of sulfonamides is 1. The van der Waals surface area contributed by atoms with Gasteiger partial charge in [-0.3, -0.25) is 4.90 Å². The number of nitrogens with one attached hydrogen (secondary N) is 1. The van der Waals surface area contributed by atoms with E-state index in [1.54, 1.807) is 0 Å². The average molecular weight is 335 g/mol. The monoisotopic (exact) mass is 334 g/mol. The molecule has 118 valence electrons. The summed E-state index contributed by atoms with van der Waals surface area (Å²) in [6.07, 6.45) is 1.20. The first kappa shape index (κ1) is 16.4. The molecular formula is C12H19ClN4O3S. The van der Waals surface area contributed by atoms with Crippen molar-refractivity contribution in [3.63, 3.8) is 0 Å². The van der Waals surface area contributed by atoms with Gasteiger partial charge in [0.25, 0.3) is 0 Å². The lowest BCUT2D eigenvalue weighted by molar-refractivity contribution is 0.0354. The molecule has 0 spiro atoms. The standard InChI is InChI=1S/C12H19ClN4O3S/c1-9(8-17-2-4-20-5-3-17)16-21(18,19)10-6-11(13)12(14)15-7-10/h6-7,9,16H,2-5,8H2,1H3,(H2,14,15). The Morgan fingerprint density at radius 2 is 2.19 bits per heavy atom. The van der Waals surface area contributed by atoms with E-state index < -0.39 is 10.0 Å². The van der Waals surface area contributed by atoms with Crippen LogP contribution in [0.4, 0.5) is 5.82 Å². The molecule has 1 aliphatic rings. The first-order valence-corrected chi connectivity index (χ1v) is 8.48. The maximum Gasteiger partial charge on any atom is 0.242 e. The molecule has 2 rings (SSSR count). The van der Waals surface area contributed by atoms with E-state index in [0.29, 0.717) is 19.8 Å². The number of ether oxygens (including phenoxy) is 1. The van der Waals surface area contributed by atoms with Crippen molar-refractivity contribution in [2.45, 2.75) is 17.9 Å². The fraction of sp³-hybridized carbons (Fsp3) is 0.583. The van der Waals surface area contributed by atoms with Gasteiger partial charge in [0.05, 0.1) is 18.2 Å². The number of hydrogen-bond donors (Lipinski definition) is 2. The van der Waals surface area contributed by atoms with Crippen LogP contribution in [0.5, 0.6) is 0 Å². The summed E-state index contributed by atoms with van der Waals surface area (Å²) >= 11 is 5.81. The van der Waals surface area contributed by atoms with Crippen molar-refractivity contribution in [2.75, 3.05) is 38.6 Å². The Balaban J connectivity index is 2.00. The van der Waals surface area contributed by atoms with Crippen LogP contribution < -0.4 is 10.5 Å². The topological polar surface area (TPSA) is 97.5 Å². The number of pyridine rings is 1. The highest BCUT2D eigenvalue weighted by molar-refractivity contribution is 7.89. The molecule has 0 aromatic carbocycles. The molecule has 0 bridgehead atoms. The Labute approximate surface area is 129 Å². The van der Waals surface area contributed by atoms with Crippen molar-refractivity contribution in [3.8, 4) is 0 Å². The fourth-order valence-electron chi connectivity index (χ4n) is 2.12. The molecule has 1 aromatic rings. The van der Waals surface area contributed by atoms with Gasteiger partial charge in [0, 0.05) is 31.9 Å². The molecule has 7 nitrogen and oxygen atoms in total. The molecular weight excluding hydrogens is 316 g/mol. The number of rotatable bonds is 5. The van der Waals surface area contributed by atoms with E-state index in [1.807, 2.05) is 6.92 Å². The molecule has 0 aliphatic carbocycles. The van der Waals surface area contributed by atoms with E-state index in [2.05, 4.69) is 14.6 Å². The van der Waals surface area contributed by atoms with Crippen LogP contribution in [0.25, 0.3) is 0 Å². The minimum absolute atomic E-state index is 0.00975. The molecule has 3 N–H and O–H groups in total. The van der Waals surface area contributed by atoms with Gasteiger partial charge in [-0.25, -0.2) is 18.1 Å². The number of aromatic nitrogens is 1. The maximum atomic E-state index is 12.3. The van der Waals surface area contributed by atoms with Crippen molar-refractivity contribution in [3.05, 3.63) is 17.3 Å².